The van der Waals surface area contributed by atoms with Crippen LogP contribution in [0.4, 0.5) is 0 Å². The van der Waals surface area contributed by atoms with Crippen molar-refractivity contribution in [3.63, 3.8) is 0 Å². The third kappa shape index (κ3) is 4.64. The van der Waals surface area contributed by atoms with E-state index in [2.05, 4.69) is 10.2 Å². The van der Waals surface area contributed by atoms with Gasteiger partial charge in [-0.05, 0) is 44.1 Å². The van der Waals surface area contributed by atoms with Gasteiger partial charge in [0.05, 0.1) is 6.04 Å². The van der Waals surface area contributed by atoms with Gasteiger partial charge < -0.3 is 16.0 Å². The van der Waals surface area contributed by atoms with Gasteiger partial charge in [-0.3, -0.25) is 4.79 Å². The molecule has 0 spiro atoms. The molecule has 1 atom stereocenters. The Bertz CT molecular complexity index is 299. The van der Waals surface area contributed by atoms with Crippen molar-refractivity contribution < 1.29 is 4.79 Å². The van der Waals surface area contributed by atoms with Gasteiger partial charge in [-0.1, -0.05) is 12.8 Å². The number of nitrogens with one attached hydrogen (secondary N) is 1. The summed E-state index contributed by atoms with van der Waals surface area (Å²) in [6, 6.07) is 0.811. The minimum atomic E-state index is -0.338. The number of nitrogens with two attached hydrogens (primary N) is 1. The van der Waals surface area contributed by atoms with E-state index in [-0.39, 0.29) is 11.9 Å². The van der Waals surface area contributed by atoms with E-state index in [4.69, 9.17) is 5.73 Å². The summed E-state index contributed by atoms with van der Waals surface area (Å²) in [7, 11) is 0. The molecule has 3 N–H and O–H groups in total. The SMILES string of the molecule is CSCC[C@H](N)C(=O)NC1CCN(C2CCCC2)CC1. The van der Waals surface area contributed by atoms with Gasteiger partial charge in [0.25, 0.3) is 0 Å². The number of thioether (sulfide) groups is 1. The molecule has 4 nitrogen and oxygen atoms in total. The maximum absolute atomic E-state index is 12.0. The zero-order chi connectivity index (χ0) is 14.4. The highest BCUT2D eigenvalue weighted by molar-refractivity contribution is 7.98. The van der Waals surface area contributed by atoms with Crippen molar-refractivity contribution in [2.24, 2.45) is 5.73 Å². The van der Waals surface area contributed by atoms with Gasteiger partial charge in [0.1, 0.15) is 0 Å². The minimum absolute atomic E-state index is 0.0402. The molecule has 0 unspecified atom stereocenters. The molecule has 2 rings (SSSR count). The van der Waals surface area contributed by atoms with E-state index in [1.165, 1.54) is 25.7 Å². The molecule has 1 aliphatic heterocycles. The second kappa shape index (κ2) is 8.25. The van der Waals surface area contributed by atoms with Crippen LogP contribution in [-0.2, 0) is 4.79 Å². The predicted molar refractivity (Wildman–Crippen MR) is 86.0 cm³/mol. The lowest BCUT2D eigenvalue weighted by molar-refractivity contribution is -0.123. The fourth-order valence-corrected chi connectivity index (χ4v) is 3.85. The third-order valence-electron chi connectivity index (χ3n) is 4.69. The zero-order valence-corrected chi connectivity index (χ0v) is 13.5. The first-order chi connectivity index (χ1) is 9.70. The molecule has 1 saturated heterocycles. The molecular weight excluding hydrogens is 270 g/mol. The number of carbonyl (C=O) groups is 1. The average molecular weight is 299 g/mol. The van der Waals surface area contributed by atoms with Crippen LogP contribution in [0.5, 0.6) is 0 Å². The van der Waals surface area contributed by atoms with Crippen molar-refractivity contribution in [2.45, 2.75) is 63.1 Å². The smallest absolute Gasteiger partial charge is 0.237 e. The summed E-state index contributed by atoms with van der Waals surface area (Å²) in [5.74, 6) is 0.993. The summed E-state index contributed by atoms with van der Waals surface area (Å²) < 4.78 is 0. The average Bonchev–Trinajstić information content (AvgIpc) is 2.99. The first-order valence-corrected chi connectivity index (χ1v) is 9.39. The van der Waals surface area contributed by atoms with Crippen LogP contribution in [0.3, 0.4) is 0 Å². The number of carbonyl (C=O) groups excluding carboxylic acids is 1. The van der Waals surface area contributed by atoms with Crippen molar-refractivity contribution in [2.75, 3.05) is 25.1 Å². The van der Waals surface area contributed by atoms with Gasteiger partial charge in [0.2, 0.25) is 5.91 Å². The van der Waals surface area contributed by atoms with Crippen LogP contribution in [0.15, 0.2) is 0 Å². The molecule has 0 bridgehead atoms. The number of nitrogens with zero attached hydrogens (tertiary/aromatic N) is 1. The van der Waals surface area contributed by atoms with Crippen LogP contribution in [0.1, 0.15) is 44.9 Å². The van der Waals surface area contributed by atoms with Gasteiger partial charge in [-0.2, -0.15) is 11.8 Å². The van der Waals surface area contributed by atoms with Crippen molar-refractivity contribution in [1.82, 2.24) is 10.2 Å². The molecule has 116 valence electrons. The summed E-state index contributed by atoms with van der Waals surface area (Å²) in [4.78, 5) is 14.6. The number of rotatable bonds is 6. The molecule has 0 aromatic carbocycles. The minimum Gasteiger partial charge on any atom is -0.352 e. The monoisotopic (exact) mass is 299 g/mol. The molecule has 0 radical (unpaired) electrons. The number of likely N-dealkylation sites (tertiary alicyclic amines) is 1. The summed E-state index contributed by atoms with van der Waals surface area (Å²) >= 11 is 1.74. The topological polar surface area (TPSA) is 58.4 Å². The van der Waals surface area contributed by atoms with E-state index in [9.17, 15) is 4.79 Å². The van der Waals surface area contributed by atoms with Crippen LogP contribution in [-0.4, -0.2) is 54.0 Å². The summed E-state index contributed by atoms with van der Waals surface area (Å²) in [6.45, 7) is 2.27. The maximum Gasteiger partial charge on any atom is 0.237 e. The molecule has 0 aromatic heterocycles. The Morgan fingerprint density at radius 1 is 1.30 bits per heavy atom. The number of piperidine rings is 1. The summed E-state index contributed by atoms with van der Waals surface area (Å²) in [5, 5.41) is 3.14. The molecule has 2 fully saturated rings. The van der Waals surface area contributed by atoms with Gasteiger partial charge in [-0.25, -0.2) is 0 Å². The fourth-order valence-electron chi connectivity index (χ4n) is 3.36. The highest BCUT2D eigenvalue weighted by Gasteiger charge is 2.28. The van der Waals surface area contributed by atoms with Gasteiger partial charge in [0.15, 0.2) is 0 Å². The van der Waals surface area contributed by atoms with Crippen molar-refractivity contribution >= 4 is 17.7 Å². The zero-order valence-electron chi connectivity index (χ0n) is 12.6. The van der Waals surface area contributed by atoms with E-state index in [1.807, 2.05) is 6.26 Å². The van der Waals surface area contributed by atoms with Gasteiger partial charge in [0, 0.05) is 25.2 Å². The van der Waals surface area contributed by atoms with Crippen LogP contribution in [0, 0.1) is 0 Å². The molecule has 1 saturated carbocycles. The molecule has 2 aliphatic rings. The second-order valence-electron chi connectivity index (χ2n) is 6.15. The maximum atomic E-state index is 12.0. The Balaban J connectivity index is 1.67. The molecular formula is C15H29N3OS. The molecule has 0 aromatic rings. The summed E-state index contributed by atoms with van der Waals surface area (Å²) in [5.41, 5.74) is 5.91. The lowest BCUT2D eigenvalue weighted by Crippen LogP contribution is -2.51. The quantitative estimate of drug-likeness (QED) is 0.782. The molecule has 1 aliphatic carbocycles. The Labute approximate surface area is 127 Å². The normalized spacial score (nSPS) is 23.9. The molecule has 1 heterocycles. The molecule has 20 heavy (non-hydrogen) atoms. The predicted octanol–water partition coefficient (Wildman–Crippen LogP) is 1.59. The fraction of sp³-hybridized carbons (Fsp3) is 0.933. The first-order valence-electron chi connectivity index (χ1n) is 7.99. The number of hydrogen-bond acceptors (Lipinski definition) is 4. The second-order valence-corrected chi connectivity index (χ2v) is 7.13. The van der Waals surface area contributed by atoms with Crippen LogP contribution in [0.2, 0.25) is 0 Å². The standard InChI is InChI=1S/C15H29N3OS/c1-20-11-8-14(16)15(19)17-12-6-9-18(10-7-12)13-4-2-3-5-13/h12-14H,2-11,16H2,1H3,(H,17,19)/t14-/m0/s1. The molecule has 5 heteroatoms. The van der Waals surface area contributed by atoms with Crippen molar-refractivity contribution in [3.8, 4) is 0 Å². The van der Waals surface area contributed by atoms with Crippen LogP contribution in [0.25, 0.3) is 0 Å². The third-order valence-corrected chi connectivity index (χ3v) is 5.33. The van der Waals surface area contributed by atoms with E-state index in [0.29, 0.717) is 6.04 Å². The number of hydrogen-bond donors (Lipinski definition) is 2. The highest BCUT2D eigenvalue weighted by atomic mass is 32.2. The van der Waals surface area contributed by atoms with E-state index in [1.54, 1.807) is 11.8 Å². The Morgan fingerprint density at radius 2 is 1.95 bits per heavy atom. The highest BCUT2D eigenvalue weighted by Crippen LogP contribution is 2.26. The molecule has 1 amide bonds. The van der Waals surface area contributed by atoms with Gasteiger partial charge in [-0.15, -0.1) is 0 Å². The lowest BCUT2D eigenvalue weighted by Gasteiger charge is -2.36. The Kier molecular flexibility index (Phi) is 6.65. The van der Waals surface area contributed by atoms with E-state index in [0.717, 1.165) is 44.1 Å². The first kappa shape index (κ1) is 16.1. The van der Waals surface area contributed by atoms with Gasteiger partial charge >= 0.3 is 0 Å². The van der Waals surface area contributed by atoms with E-state index < -0.39 is 0 Å². The Hall–Kier alpha value is -0.260. The van der Waals surface area contributed by atoms with Crippen molar-refractivity contribution in [1.29, 1.82) is 0 Å². The van der Waals surface area contributed by atoms with Crippen LogP contribution < -0.4 is 11.1 Å². The summed E-state index contributed by atoms with van der Waals surface area (Å²) in [6.07, 6.45) is 10.5. The van der Waals surface area contributed by atoms with Crippen molar-refractivity contribution in [3.05, 3.63) is 0 Å². The number of amides is 1. The lowest BCUT2D eigenvalue weighted by atomic mass is 10.0. The largest absolute Gasteiger partial charge is 0.352 e. The van der Waals surface area contributed by atoms with Crippen LogP contribution >= 0.6 is 11.8 Å². The Morgan fingerprint density at radius 3 is 2.55 bits per heavy atom. The van der Waals surface area contributed by atoms with E-state index >= 15 is 0 Å².